The summed E-state index contributed by atoms with van der Waals surface area (Å²) in [5.41, 5.74) is 0.624. The minimum atomic E-state index is -0.0492. The molecule has 94 valence electrons. The SMILES string of the molecule is CCCCC(C)NC(=O)c1ccc(I)c(Cl)c1. The number of nitrogens with one attached hydrogen (secondary N) is 1. The highest BCUT2D eigenvalue weighted by molar-refractivity contribution is 14.1. The van der Waals surface area contributed by atoms with Crippen molar-refractivity contribution in [2.45, 2.75) is 39.2 Å². The third kappa shape index (κ3) is 4.84. The predicted octanol–water partition coefficient (Wildman–Crippen LogP) is 4.25. The second kappa shape index (κ2) is 7.21. The lowest BCUT2D eigenvalue weighted by molar-refractivity contribution is 0.0938. The summed E-state index contributed by atoms with van der Waals surface area (Å²) in [6, 6.07) is 5.58. The highest BCUT2D eigenvalue weighted by Gasteiger charge is 2.10. The van der Waals surface area contributed by atoms with Gasteiger partial charge in [-0.2, -0.15) is 0 Å². The van der Waals surface area contributed by atoms with Crippen LogP contribution in [0.3, 0.4) is 0 Å². The number of rotatable bonds is 5. The molecule has 0 saturated carbocycles. The molecule has 2 nitrogen and oxygen atoms in total. The Bertz CT molecular complexity index is 395. The van der Waals surface area contributed by atoms with E-state index in [1.54, 1.807) is 12.1 Å². The molecule has 1 aromatic carbocycles. The Labute approximate surface area is 121 Å². The van der Waals surface area contributed by atoms with Crippen molar-refractivity contribution < 1.29 is 4.79 Å². The third-order valence-corrected chi connectivity index (χ3v) is 4.12. The van der Waals surface area contributed by atoms with Crippen LogP contribution in [-0.4, -0.2) is 11.9 Å². The summed E-state index contributed by atoms with van der Waals surface area (Å²) in [5.74, 6) is -0.0492. The van der Waals surface area contributed by atoms with E-state index in [1.165, 1.54) is 0 Å². The van der Waals surface area contributed by atoms with Crippen molar-refractivity contribution in [3.05, 3.63) is 32.4 Å². The molecule has 0 heterocycles. The van der Waals surface area contributed by atoms with E-state index in [1.807, 2.05) is 13.0 Å². The Kier molecular flexibility index (Phi) is 6.27. The highest BCUT2D eigenvalue weighted by atomic mass is 127. The highest BCUT2D eigenvalue weighted by Crippen LogP contribution is 2.19. The molecular weight excluding hydrogens is 349 g/mol. The Morgan fingerprint density at radius 2 is 2.24 bits per heavy atom. The molecule has 0 aromatic heterocycles. The lowest BCUT2D eigenvalue weighted by atomic mass is 10.1. The fourth-order valence-corrected chi connectivity index (χ4v) is 2.04. The van der Waals surface area contributed by atoms with Crippen molar-refractivity contribution in [2.24, 2.45) is 0 Å². The molecule has 1 unspecified atom stereocenters. The van der Waals surface area contributed by atoms with Crippen molar-refractivity contribution in [1.82, 2.24) is 5.32 Å². The van der Waals surface area contributed by atoms with Gasteiger partial charge >= 0.3 is 0 Å². The second-order valence-corrected chi connectivity index (χ2v) is 5.72. The summed E-state index contributed by atoms with van der Waals surface area (Å²) in [4.78, 5) is 11.9. The minimum Gasteiger partial charge on any atom is -0.350 e. The van der Waals surface area contributed by atoms with Gasteiger partial charge in [0.2, 0.25) is 0 Å². The van der Waals surface area contributed by atoms with Crippen molar-refractivity contribution in [3.63, 3.8) is 0 Å². The van der Waals surface area contributed by atoms with Crippen LogP contribution >= 0.6 is 34.2 Å². The van der Waals surface area contributed by atoms with Crippen LogP contribution < -0.4 is 5.32 Å². The zero-order chi connectivity index (χ0) is 12.8. The first-order chi connectivity index (χ1) is 8.04. The number of carbonyl (C=O) groups is 1. The molecule has 0 aliphatic carbocycles. The van der Waals surface area contributed by atoms with Crippen molar-refractivity contribution >= 4 is 40.1 Å². The second-order valence-electron chi connectivity index (χ2n) is 4.15. The third-order valence-electron chi connectivity index (χ3n) is 2.55. The smallest absolute Gasteiger partial charge is 0.251 e. The van der Waals surface area contributed by atoms with Crippen LogP contribution in [0.5, 0.6) is 0 Å². The maximum Gasteiger partial charge on any atom is 0.251 e. The van der Waals surface area contributed by atoms with Gasteiger partial charge in [0.1, 0.15) is 0 Å². The summed E-state index contributed by atoms with van der Waals surface area (Å²) < 4.78 is 0.958. The molecule has 1 rings (SSSR count). The summed E-state index contributed by atoms with van der Waals surface area (Å²) >= 11 is 8.14. The number of benzene rings is 1. The number of unbranched alkanes of at least 4 members (excludes halogenated alkanes) is 1. The Morgan fingerprint density at radius 3 is 2.82 bits per heavy atom. The molecule has 1 N–H and O–H groups in total. The van der Waals surface area contributed by atoms with Crippen LogP contribution in [0.4, 0.5) is 0 Å². The average Bonchev–Trinajstić information content (AvgIpc) is 2.30. The molecule has 0 bridgehead atoms. The number of carbonyl (C=O) groups excluding carboxylic acids is 1. The first-order valence-corrected chi connectivity index (χ1v) is 7.26. The van der Waals surface area contributed by atoms with Gasteiger partial charge in [-0.05, 0) is 54.1 Å². The van der Waals surface area contributed by atoms with Gasteiger partial charge in [0.25, 0.3) is 5.91 Å². The molecule has 0 aliphatic heterocycles. The monoisotopic (exact) mass is 365 g/mol. The molecular formula is C13H17ClINO. The number of hydrogen-bond donors (Lipinski definition) is 1. The van der Waals surface area contributed by atoms with Crippen LogP contribution in [0.2, 0.25) is 5.02 Å². The summed E-state index contributed by atoms with van der Waals surface area (Å²) in [5, 5.41) is 3.60. The normalized spacial score (nSPS) is 12.2. The summed E-state index contributed by atoms with van der Waals surface area (Å²) in [7, 11) is 0. The van der Waals surface area contributed by atoms with Crippen LogP contribution in [-0.2, 0) is 0 Å². The van der Waals surface area contributed by atoms with E-state index in [-0.39, 0.29) is 11.9 Å². The number of hydrogen-bond acceptors (Lipinski definition) is 1. The van der Waals surface area contributed by atoms with Gasteiger partial charge in [-0.15, -0.1) is 0 Å². The van der Waals surface area contributed by atoms with Crippen LogP contribution in [0.25, 0.3) is 0 Å². The van der Waals surface area contributed by atoms with Gasteiger partial charge < -0.3 is 5.32 Å². The average molecular weight is 366 g/mol. The molecule has 0 saturated heterocycles. The molecule has 17 heavy (non-hydrogen) atoms. The molecule has 0 aliphatic rings. The van der Waals surface area contributed by atoms with E-state index in [0.29, 0.717) is 10.6 Å². The van der Waals surface area contributed by atoms with Crippen molar-refractivity contribution in [2.75, 3.05) is 0 Å². The Hall–Kier alpha value is -0.290. The van der Waals surface area contributed by atoms with E-state index in [0.717, 1.165) is 22.8 Å². The lowest BCUT2D eigenvalue weighted by Crippen LogP contribution is -2.32. The molecule has 0 fully saturated rings. The van der Waals surface area contributed by atoms with Gasteiger partial charge in [-0.1, -0.05) is 31.4 Å². The maximum absolute atomic E-state index is 11.9. The van der Waals surface area contributed by atoms with E-state index >= 15 is 0 Å². The van der Waals surface area contributed by atoms with Gasteiger partial charge in [0.05, 0.1) is 5.02 Å². The van der Waals surface area contributed by atoms with Crippen LogP contribution in [0, 0.1) is 3.57 Å². The minimum absolute atomic E-state index is 0.0492. The van der Waals surface area contributed by atoms with Gasteiger partial charge in [0.15, 0.2) is 0 Å². The summed E-state index contributed by atoms with van der Waals surface area (Å²) in [6.45, 7) is 4.18. The van der Waals surface area contributed by atoms with E-state index in [9.17, 15) is 4.79 Å². The topological polar surface area (TPSA) is 29.1 Å². The van der Waals surface area contributed by atoms with Crippen molar-refractivity contribution in [3.8, 4) is 0 Å². The van der Waals surface area contributed by atoms with Gasteiger partial charge in [-0.25, -0.2) is 0 Å². The van der Waals surface area contributed by atoms with E-state index in [4.69, 9.17) is 11.6 Å². The zero-order valence-electron chi connectivity index (χ0n) is 10.1. The first kappa shape index (κ1) is 14.8. The van der Waals surface area contributed by atoms with Crippen LogP contribution in [0.15, 0.2) is 18.2 Å². The van der Waals surface area contributed by atoms with Gasteiger partial charge in [0, 0.05) is 15.2 Å². The molecule has 1 amide bonds. The molecule has 1 aromatic rings. The quantitative estimate of drug-likeness (QED) is 0.776. The standard InChI is InChI=1S/C13H17ClINO/c1-3-4-5-9(2)16-13(17)10-6-7-12(15)11(14)8-10/h6-9H,3-5H2,1-2H3,(H,16,17). The molecule has 0 radical (unpaired) electrons. The van der Waals surface area contributed by atoms with E-state index < -0.39 is 0 Å². The number of halogens is 2. The fourth-order valence-electron chi connectivity index (χ4n) is 1.53. The van der Waals surface area contributed by atoms with E-state index in [2.05, 4.69) is 34.8 Å². The Balaban J connectivity index is 2.60. The number of amides is 1. The first-order valence-electron chi connectivity index (χ1n) is 5.80. The Morgan fingerprint density at radius 1 is 1.53 bits per heavy atom. The summed E-state index contributed by atoms with van der Waals surface area (Å²) in [6.07, 6.45) is 3.30. The van der Waals surface area contributed by atoms with Gasteiger partial charge in [-0.3, -0.25) is 4.79 Å². The molecule has 4 heteroatoms. The molecule has 0 spiro atoms. The fraction of sp³-hybridized carbons (Fsp3) is 0.462. The molecule has 1 atom stereocenters. The van der Waals surface area contributed by atoms with Crippen molar-refractivity contribution in [1.29, 1.82) is 0 Å². The zero-order valence-corrected chi connectivity index (χ0v) is 13.0. The predicted molar refractivity (Wildman–Crippen MR) is 80.6 cm³/mol. The maximum atomic E-state index is 11.9. The largest absolute Gasteiger partial charge is 0.350 e. The lowest BCUT2D eigenvalue weighted by Gasteiger charge is -2.13. The van der Waals surface area contributed by atoms with Crippen LogP contribution in [0.1, 0.15) is 43.5 Å².